The fourth-order valence-corrected chi connectivity index (χ4v) is 6.14. The first-order valence-corrected chi connectivity index (χ1v) is 14.3. The summed E-state index contributed by atoms with van der Waals surface area (Å²) in [5.74, 6) is -0.512. The number of fused-ring (bicyclic) bond motifs is 2. The van der Waals surface area contributed by atoms with E-state index in [0.29, 0.717) is 12.8 Å². The highest BCUT2D eigenvalue weighted by Crippen LogP contribution is 2.41. The van der Waals surface area contributed by atoms with E-state index in [4.69, 9.17) is 19.0 Å². The Morgan fingerprint density at radius 2 is 1.64 bits per heavy atom. The van der Waals surface area contributed by atoms with Crippen molar-refractivity contribution in [1.82, 2.24) is 10.3 Å². The molecule has 5 rings (SSSR count). The van der Waals surface area contributed by atoms with Crippen molar-refractivity contribution in [3.63, 3.8) is 0 Å². The first kappa shape index (κ1) is 27.8. The van der Waals surface area contributed by atoms with Gasteiger partial charge in [0, 0.05) is 0 Å². The van der Waals surface area contributed by atoms with E-state index in [2.05, 4.69) is 5.32 Å². The van der Waals surface area contributed by atoms with E-state index in [1.54, 1.807) is 11.3 Å². The highest BCUT2D eigenvalue weighted by atomic mass is 32.1. The Bertz CT molecular complexity index is 1380. The van der Waals surface area contributed by atoms with Crippen molar-refractivity contribution in [1.29, 1.82) is 0 Å². The number of aromatic nitrogens is 1. The molecule has 39 heavy (non-hydrogen) atoms. The number of ether oxygens (including phenoxy) is 1. The monoisotopic (exact) mass is 548 g/mol. The van der Waals surface area contributed by atoms with Gasteiger partial charge in [-0.25, -0.2) is 4.98 Å². The maximum absolute atomic E-state index is 13.7. The smallest absolute Gasteiger partial charge is 0.460 e. The van der Waals surface area contributed by atoms with Crippen molar-refractivity contribution >= 4 is 46.0 Å². The molecule has 0 unspecified atom stereocenters. The maximum Gasteiger partial charge on any atom is 0.494 e. The number of nitrogens with one attached hydrogen (secondary N) is 1. The van der Waals surface area contributed by atoms with Crippen LogP contribution in [0.15, 0.2) is 42.5 Å². The number of nitrogens with zero attached hydrogens (tertiary/aromatic N) is 1. The number of rotatable bonds is 6. The molecule has 1 aliphatic carbocycles. The van der Waals surface area contributed by atoms with E-state index in [0.717, 1.165) is 31.8 Å². The van der Waals surface area contributed by atoms with Crippen LogP contribution < -0.4 is 10.8 Å². The van der Waals surface area contributed by atoms with Gasteiger partial charge in [0.15, 0.2) is 0 Å². The molecular formula is C30H37BN2O5S. The average molecular weight is 549 g/mol. The first-order chi connectivity index (χ1) is 18.2. The fourth-order valence-electron chi connectivity index (χ4n) is 5.25. The summed E-state index contributed by atoms with van der Waals surface area (Å²) >= 11 is 1.54. The zero-order valence-electron chi connectivity index (χ0n) is 23.8. The summed E-state index contributed by atoms with van der Waals surface area (Å²) in [6.07, 6.45) is 1.04. The summed E-state index contributed by atoms with van der Waals surface area (Å²) in [5.41, 5.74) is 1.64. The molecule has 0 bridgehead atoms. The molecule has 2 heterocycles. The van der Waals surface area contributed by atoms with Gasteiger partial charge >= 0.3 is 13.1 Å². The lowest BCUT2D eigenvalue weighted by molar-refractivity contribution is -0.160. The van der Waals surface area contributed by atoms with E-state index >= 15 is 0 Å². The van der Waals surface area contributed by atoms with Crippen molar-refractivity contribution in [3.8, 4) is 0 Å². The van der Waals surface area contributed by atoms with Crippen LogP contribution in [0, 0.1) is 5.41 Å². The van der Waals surface area contributed by atoms with Crippen molar-refractivity contribution in [2.75, 3.05) is 0 Å². The van der Waals surface area contributed by atoms with Crippen LogP contribution in [0.1, 0.15) is 71.0 Å². The lowest BCUT2D eigenvalue weighted by atomic mass is 9.79. The van der Waals surface area contributed by atoms with Gasteiger partial charge in [-0.05, 0) is 90.0 Å². The number of carbonyl (C=O) groups is 2. The summed E-state index contributed by atoms with van der Waals surface area (Å²) in [6, 6.07) is 14.0. The third-order valence-corrected chi connectivity index (χ3v) is 8.98. The van der Waals surface area contributed by atoms with Crippen LogP contribution in [0.2, 0.25) is 0 Å². The second-order valence-corrected chi connectivity index (χ2v) is 13.9. The Morgan fingerprint density at radius 1 is 1.03 bits per heavy atom. The van der Waals surface area contributed by atoms with Crippen molar-refractivity contribution < 1.29 is 23.6 Å². The van der Waals surface area contributed by atoms with E-state index in [-0.39, 0.29) is 24.8 Å². The minimum absolute atomic E-state index is 0.0298. The number of hydrogen-bond donors (Lipinski definition) is 1. The molecule has 1 saturated heterocycles. The second kappa shape index (κ2) is 9.71. The quantitative estimate of drug-likeness (QED) is 0.354. The van der Waals surface area contributed by atoms with E-state index in [1.807, 2.05) is 90.9 Å². The number of hydrogen-bond acceptors (Lipinski definition) is 7. The maximum atomic E-state index is 13.7. The van der Waals surface area contributed by atoms with Crippen LogP contribution in [0.5, 0.6) is 0 Å². The molecule has 1 aliphatic heterocycles. The summed E-state index contributed by atoms with van der Waals surface area (Å²) in [5, 5.41) is 3.89. The number of benzene rings is 2. The standard InChI is InChI=1S/C30H37BN2O5S/c1-27(2,3)36-25(34)17-30(15-19-10-8-9-11-20(19)16-30)26(35)32-18-24-33-22-14-21(12-13-23(22)39-24)31-37-28(4,5)29(6,7)38-31/h8-14H,15-18H2,1-7H3,(H,32,35). The van der Waals surface area contributed by atoms with Crippen molar-refractivity contribution in [2.24, 2.45) is 5.41 Å². The lowest BCUT2D eigenvalue weighted by Gasteiger charge is -2.32. The third-order valence-electron chi connectivity index (χ3n) is 7.94. The molecule has 2 aliphatic rings. The van der Waals surface area contributed by atoms with E-state index in [9.17, 15) is 9.59 Å². The molecule has 0 spiro atoms. The largest absolute Gasteiger partial charge is 0.494 e. The molecule has 1 fully saturated rings. The van der Waals surface area contributed by atoms with E-state index < -0.39 is 29.3 Å². The van der Waals surface area contributed by atoms with Crippen LogP contribution in [0.3, 0.4) is 0 Å². The zero-order valence-corrected chi connectivity index (χ0v) is 24.7. The Kier molecular flexibility index (Phi) is 6.93. The van der Waals surface area contributed by atoms with Gasteiger partial charge in [0.1, 0.15) is 10.6 Å². The number of amides is 1. The van der Waals surface area contributed by atoms with E-state index in [1.165, 1.54) is 0 Å². The predicted octanol–water partition coefficient (Wildman–Crippen LogP) is 4.73. The molecule has 206 valence electrons. The van der Waals surface area contributed by atoms with Crippen LogP contribution >= 0.6 is 11.3 Å². The number of thiazole rings is 1. The van der Waals surface area contributed by atoms with Gasteiger partial charge in [-0.1, -0.05) is 30.3 Å². The molecule has 1 aromatic heterocycles. The molecule has 9 heteroatoms. The third kappa shape index (κ3) is 5.62. The lowest BCUT2D eigenvalue weighted by Crippen LogP contribution is -2.44. The second-order valence-electron chi connectivity index (χ2n) is 12.8. The molecule has 1 N–H and O–H groups in total. The number of carbonyl (C=O) groups excluding carboxylic acids is 2. The van der Waals surface area contributed by atoms with Crippen LogP contribution in [0.25, 0.3) is 10.2 Å². The molecular weight excluding hydrogens is 511 g/mol. The SMILES string of the molecule is CC(C)(C)OC(=O)CC1(C(=O)NCc2nc3cc(B4OC(C)(C)C(C)(C)O4)ccc3s2)Cc2ccccc2C1. The van der Waals surface area contributed by atoms with Gasteiger partial charge in [0.05, 0.1) is 39.8 Å². The Morgan fingerprint density at radius 3 is 2.23 bits per heavy atom. The van der Waals surface area contributed by atoms with Crippen LogP contribution in [-0.2, 0) is 43.0 Å². The van der Waals surface area contributed by atoms with Crippen LogP contribution in [-0.4, -0.2) is 40.8 Å². The van der Waals surface area contributed by atoms with Crippen molar-refractivity contribution in [3.05, 3.63) is 58.6 Å². The summed E-state index contributed by atoms with van der Waals surface area (Å²) < 4.78 is 19.0. The topological polar surface area (TPSA) is 86.8 Å². The highest BCUT2D eigenvalue weighted by Gasteiger charge is 2.52. The van der Waals surface area contributed by atoms with Gasteiger partial charge in [0.25, 0.3) is 0 Å². The van der Waals surface area contributed by atoms with Gasteiger partial charge in [-0.2, -0.15) is 0 Å². The van der Waals surface area contributed by atoms with Gasteiger partial charge < -0.3 is 19.4 Å². The predicted molar refractivity (Wildman–Crippen MR) is 154 cm³/mol. The van der Waals surface area contributed by atoms with Gasteiger partial charge in [-0.15, -0.1) is 11.3 Å². The first-order valence-electron chi connectivity index (χ1n) is 13.5. The van der Waals surface area contributed by atoms with Crippen molar-refractivity contribution in [2.45, 2.75) is 91.1 Å². The minimum Gasteiger partial charge on any atom is -0.460 e. The summed E-state index contributed by atoms with van der Waals surface area (Å²) in [6.45, 7) is 13.9. The number of esters is 1. The Balaban J connectivity index is 1.31. The molecule has 1 amide bonds. The Labute approximate surface area is 234 Å². The minimum atomic E-state index is -0.882. The fraction of sp³-hybridized carbons (Fsp3) is 0.500. The molecule has 3 aromatic rings. The average Bonchev–Trinajstić information content (AvgIpc) is 3.46. The van der Waals surface area contributed by atoms with Crippen LogP contribution in [0.4, 0.5) is 0 Å². The molecule has 7 nitrogen and oxygen atoms in total. The summed E-state index contributed by atoms with van der Waals surface area (Å²) in [7, 11) is -0.457. The Hall–Kier alpha value is -2.75. The molecule has 2 aromatic carbocycles. The van der Waals surface area contributed by atoms with Gasteiger partial charge in [-0.3, -0.25) is 9.59 Å². The zero-order chi connectivity index (χ0) is 28.2. The van der Waals surface area contributed by atoms with Gasteiger partial charge in [0.2, 0.25) is 5.91 Å². The molecule has 0 saturated carbocycles. The normalized spacial score (nSPS) is 19.2. The highest BCUT2D eigenvalue weighted by molar-refractivity contribution is 7.18. The molecule has 0 radical (unpaired) electrons. The molecule has 0 atom stereocenters. The summed E-state index contributed by atoms with van der Waals surface area (Å²) in [4.78, 5) is 31.3.